The van der Waals surface area contributed by atoms with E-state index in [1.165, 1.54) is 0 Å². The molecule has 4 nitrogen and oxygen atoms in total. The van der Waals surface area contributed by atoms with Crippen LogP contribution in [0.3, 0.4) is 0 Å². The van der Waals surface area contributed by atoms with E-state index in [9.17, 15) is 9.59 Å². The van der Waals surface area contributed by atoms with E-state index in [0.29, 0.717) is 31.7 Å². The van der Waals surface area contributed by atoms with Crippen molar-refractivity contribution in [3.05, 3.63) is 35.9 Å². The summed E-state index contributed by atoms with van der Waals surface area (Å²) in [6.07, 6.45) is 2.52. The van der Waals surface area contributed by atoms with Crippen molar-refractivity contribution in [1.29, 1.82) is 0 Å². The molecule has 4 aliphatic rings. The molecule has 3 atom stereocenters. The average Bonchev–Trinajstić information content (AvgIpc) is 2.99. The van der Waals surface area contributed by atoms with Crippen LogP contribution in [0.5, 0.6) is 0 Å². The molecule has 4 fully saturated rings. The fourth-order valence-electron chi connectivity index (χ4n) is 5.19. The van der Waals surface area contributed by atoms with E-state index in [1.807, 2.05) is 30.3 Å². The number of benzene rings is 1. The molecule has 5 rings (SSSR count). The number of hydrogen-bond donors (Lipinski definition) is 1. The summed E-state index contributed by atoms with van der Waals surface area (Å²) in [5.74, 6) is 0.269. The zero-order valence-corrected chi connectivity index (χ0v) is 14.9. The van der Waals surface area contributed by atoms with Gasteiger partial charge in [0.1, 0.15) is 16.0 Å². The van der Waals surface area contributed by atoms with Gasteiger partial charge in [0.05, 0.1) is 0 Å². The lowest BCUT2D eigenvalue weighted by Crippen LogP contribution is -2.84. The molecular formula is C19H23ClN2O2. The van der Waals surface area contributed by atoms with Crippen molar-refractivity contribution in [1.82, 2.24) is 10.2 Å². The first-order valence-electron chi connectivity index (χ1n) is 8.75. The minimum absolute atomic E-state index is 0.0560. The highest BCUT2D eigenvalue weighted by molar-refractivity contribution is 6.29. The van der Waals surface area contributed by atoms with Gasteiger partial charge in [-0.3, -0.25) is 9.59 Å². The van der Waals surface area contributed by atoms with Gasteiger partial charge in [-0.05, 0) is 30.7 Å². The van der Waals surface area contributed by atoms with E-state index in [0.717, 1.165) is 12.0 Å². The maximum atomic E-state index is 13.2. The van der Waals surface area contributed by atoms with Crippen molar-refractivity contribution in [2.45, 2.75) is 55.5 Å². The third-order valence-electron chi connectivity index (χ3n) is 5.95. The molecule has 1 aromatic carbocycles. The highest BCUT2D eigenvalue weighted by Gasteiger charge is 2.75. The number of alkyl halides is 1. The van der Waals surface area contributed by atoms with Gasteiger partial charge in [0.2, 0.25) is 11.8 Å². The van der Waals surface area contributed by atoms with Gasteiger partial charge in [-0.2, -0.15) is 0 Å². The van der Waals surface area contributed by atoms with Crippen LogP contribution in [-0.4, -0.2) is 34.3 Å². The number of nitrogens with one attached hydrogen (secondary N) is 1. The first-order chi connectivity index (χ1) is 11.4. The molecule has 0 aromatic heterocycles. The van der Waals surface area contributed by atoms with E-state index < -0.39 is 16.0 Å². The quantitative estimate of drug-likeness (QED) is 0.855. The zero-order valence-electron chi connectivity index (χ0n) is 14.1. The Morgan fingerprint density at radius 3 is 2.62 bits per heavy atom. The molecule has 0 unspecified atom stereocenters. The molecule has 128 valence electrons. The summed E-state index contributed by atoms with van der Waals surface area (Å²) in [6, 6.07) is 9.82. The molecule has 2 amide bonds. The maximum Gasteiger partial charge on any atom is 0.249 e. The first kappa shape index (κ1) is 15.9. The van der Waals surface area contributed by atoms with Crippen LogP contribution < -0.4 is 5.32 Å². The van der Waals surface area contributed by atoms with E-state index in [4.69, 9.17) is 11.6 Å². The number of piperidine rings is 2. The lowest BCUT2D eigenvalue weighted by atomic mass is 9.60. The van der Waals surface area contributed by atoms with Crippen molar-refractivity contribution in [2.75, 3.05) is 6.54 Å². The first-order valence-corrected chi connectivity index (χ1v) is 9.13. The van der Waals surface area contributed by atoms with Crippen molar-refractivity contribution in [3.63, 3.8) is 0 Å². The van der Waals surface area contributed by atoms with Crippen LogP contribution in [0.25, 0.3) is 0 Å². The summed E-state index contributed by atoms with van der Waals surface area (Å²) < 4.78 is 0. The molecule has 0 saturated carbocycles. The number of carbonyl (C=O) groups is 2. The van der Waals surface area contributed by atoms with Gasteiger partial charge in [0.25, 0.3) is 0 Å². The molecule has 1 spiro atoms. The summed E-state index contributed by atoms with van der Waals surface area (Å²) in [4.78, 5) is 27.4. The predicted octanol–water partition coefficient (Wildman–Crippen LogP) is 2.80. The molecule has 24 heavy (non-hydrogen) atoms. The lowest BCUT2D eigenvalue weighted by Gasteiger charge is -2.63. The molecule has 4 saturated heterocycles. The number of carbonyl (C=O) groups excluding carboxylic acids is 2. The van der Waals surface area contributed by atoms with Crippen LogP contribution in [0, 0.1) is 5.92 Å². The average molecular weight is 347 g/mol. The Kier molecular flexibility index (Phi) is 3.31. The highest BCUT2D eigenvalue weighted by Crippen LogP contribution is 2.60. The maximum absolute atomic E-state index is 13.2. The Morgan fingerprint density at radius 2 is 1.96 bits per heavy atom. The number of amides is 2. The number of rotatable bonds is 3. The van der Waals surface area contributed by atoms with E-state index in [-0.39, 0.29) is 11.8 Å². The summed E-state index contributed by atoms with van der Waals surface area (Å²) >= 11 is 7.27. The van der Waals surface area contributed by atoms with Gasteiger partial charge >= 0.3 is 0 Å². The molecule has 2 bridgehead atoms. The Morgan fingerprint density at radius 1 is 1.25 bits per heavy atom. The van der Waals surface area contributed by atoms with Crippen molar-refractivity contribution in [2.24, 2.45) is 5.92 Å². The molecule has 1 N–H and O–H groups in total. The van der Waals surface area contributed by atoms with E-state index in [1.54, 1.807) is 4.90 Å². The van der Waals surface area contributed by atoms with Gasteiger partial charge in [0, 0.05) is 13.0 Å². The van der Waals surface area contributed by atoms with E-state index in [2.05, 4.69) is 19.2 Å². The fourth-order valence-corrected chi connectivity index (χ4v) is 5.82. The van der Waals surface area contributed by atoms with Crippen molar-refractivity contribution >= 4 is 23.4 Å². The molecule has 0 radical (unpaired) electrons. The third-order valence-corrected chi connectivity index (χ3v) is 6.62. The SMILES string of the molecule is CC(C)C[C@]12C[C@](Cl)(c3ccccc3)[C@@]3(CCCN3C1=O)C(=O)N2. The van der Waals surface area contributed by atoms with Crippen molar-refractivity contribution < 1.29 is 9.59 Å². The predicted molar refractivity (Wildman–Crippen MR) is 92.6 cm³/mol. The van der Waals surface area contributed by atoms with Gasteiger partial charge in [0.15, 0.2) is 0 Å². The number of piperazine rings is 1. The molecule has 1 aromatic rings. The number of halogens is 1. The third kappa shape index (κ3) is 1.75. The summed E-state index contributed by atoms with van der Waals surface area (Å²) in [7, 11) is 0. The van der Waals surface area contributed by atoms with Crippen LogP contribution in [0.1, 0.15) is 45.1 Å². The monoisotopic (exact) mass is 346 g/mol. The van der Waals surface area contributed by atoms with Gasteiger partial charge in [-0.1, -0.05) is 44.2 Å². The second-order valence-corrected chi connectivity index (χ2v) is 8.54. The Bertz CT molecular complexity index is 707. The van der Waals surface area contributed by atoms with E-state index >= 15 is 0 Å². The van der Waals surface area contributed by atoms with Crippen molar-refractivity contribution in [3.8, 4) is 0 Å². The molecular weight excluding hydrogens is 324 g/mol. The minimum Gasteiger partial charge on any atom is -0.339 e. The highest BCUT2D eigenvalue weighted by atomic mass is 35.5. The topological polar surface area (TPSA) is 49.4 Å². The second-order valence-electron chi connectivity index (χ2n) is 7.90. The summed E-state index contributed by atoms with van der Waals surface area (Å²) in [5.41, 5.74) is -0.894. The molecule has 5 heteroatoms. The number of hydrogen-bond acceptors (Lipinski definition) is 2. The normalized spacial score (nSPS) is 37.8. The number of fused-ring (bicyclic) bond motifs is 2. The van der Waals surface area contributed by atoms with Gasteiger partial charge in [-0.15, -0.1) is 11.6 Å². The fraction of sp³-hybridized carbons (Fsp3) is 0.579. The Hall–Kier alpha value is -1.55. The summed E-state index contributed by atoms with van der Waals surface area (Å²) in [6.45, 7) is 4.77. The Labute approximate surface area is 147 Å². The lowest BCUT2D eigenvalue weighted by molar-refractivity contribution is -0.174. The zero-order chi connectivity index (χ0) is 17.2. The summed E-state index contributed by atoms with van der Waals surface area (Å²) in [5, 5.41) is 3.08. The van der Waals surface area contributed by atoms with Crippen LogP contribution in [0.15, 0.2) is 30.3 Å². The second kappa shape index (κ2) is 4.98. The van der Waals surface area contributed by atoms with Crippen LogP contribution in [0.2, 0.25) is 0 Å². The van der Waals surface area contributed by atoms with Crippen LogP contribution in [-0.2, 0) is 14.5 Å². The smallest absolute Gasteiger partial charge is 0.249 e. The number of nitrogens with zero attached hydrogens (tertiary/aromatic N) is 1. The minimum atomic E-state index is -0.953. The molecule has 0 aliphatic carbocycles. The van der Waals surface area contributed by atoms with Gasteiger partial charge in [-0.25, -0.2) is 0 Å². The molecule has 4 heterocycles. The largest absolute Gasteiger partial charge is 0.339 e. The van der Waals surface area contributed by atoms with Gasteiger partial charge < -0.3 is 10.2 Å². The van der Waals surface area contributed by atoms with Crippen LogP contribution >= 0.6 is 11.6 Å². The van der Waals surface area contributed by atoms with Crippen LogP contribution in [0.4, 0.5) is 0 Å². The molecule has 4 aliphatic heterocycles. The standard InChI is InChI=1S/C19H23ClN2O2/c1-13(2)11-17-12-18(20,14-7-4-3-5-8-14)19(15(23)21-17)9-6-10-22(19)16(17)24/h3-5,7-8,13H,6,9-12H2,1-2H3,(H,21,23)/t17-,18-,19+/m0/s1. The Balaban J connectivity index is 1.93.